The highest BCUT2D eigenvalue weighted by molar-refractivity contribution is 7.80. The number of rotatable bonds is 10. The average Bonchev–Trinajstić information content (AvgIpc) is 2.23. The van der Waals surface area contributed by atoms with E-state index in [9.17, 15) is 0 Å². The molecule has 0 aromatic carbocycles. The van der Waals surface area contributed by atoms with Crippen LogP contribution in [0.15, 0.2) is 0 Å². The zero-order chi connectivity index (χ0) is 12.2. The van der Waals surface area contributed by atoms with Gasteiger partial charge in [0.2, 0.25) is 0 Å². The second-order valence-corrected chi connectivity index (χ2v) is 4.99. The van der Waals surface area contributed by atoms with E-state index in [2.05, 4.69) is 19.2 Å². The van der Waals surface area contributed by atoms with Crippen LogP contribution in [0.25, 0.3) is 0 Å². The zero-order valence-corrected chi connectivity index (χ0v) is 11.7. The maximum atomic E-state index is 5.55. The third kappa shape index (κ3) is 10.2. The molecule has 0 spiro atoms. The summed E-state index contributed by atoms with van der Waals surface area (Å²) in [5.41, 5.74) is 5.55. The lowest BCUT2D eigenvalue weighted by atomic mass is 10.0. The van der Waals surface area contributed by atoms with Gasteiger partial charge >= 0.3 is 0 Å². The third-order valence-corrected chi connectivity index (χ3v) is 3.03. The van der Waals surface area contributed by atoms with E-state index in [0.29, 0.717) is 11.2 Å². The summed E-state index contributed by atoms with van der Waals surface area (Å²) >= 11 is 4.92. The van der Waals surface area contributed by atoms with Gasteiger partial charge in [0.25, 0.3) is 0 Å². The molecule has 0 fully saturated rings. The first kappa shape index (κ1) is 15.7. The highest BCUT2D eigenvalue weighted by atomic mass is 32.1. The van der Waals surface area contributed by atoms with Crippen molar-refractivity contribution in [2.24, 2.45) is 5.73 Å². The Morgan fingerprint density at radius 2 is 1.50 bits per heavy atom. The van der Waals surface area contributed by atoms with Crippen LogP contribution in [0.4, 0.5) is 0 Å². The van der Waals surface area contributed by atoms with E-state index in [1.807, 2.05) is 0 Å². The summed E-state index contributed by atoms with van der Waals surface area (Å²) in [5.74, 6) is 0. The predicted molar refractivity (Wildman–Crippen MR) is 76.6 cm³/mol. The Morgan fingerprint density at radius 3 is 2.00 bits per heavy atom. The fraction of sp³-hybridized carbons (Fsp3) is 0.923. The first-order valence-electron chi connectivity index (χ1n) is 6.76. The summed E-state index contributed by atoms with van der Waals surface area (Å²) in [5, 5.41) is 3.68. The van der Waals surface area contributed by atoms with E-state index in [1.54, 1.807) is 0 Å². The normalized spacial score (nSPS) is 12.4. The highest BCUT2D eigenvalue weighted by Crippen LogP contribution is 2.11. The van der Waals surface area contributed by atoms with E-state index in [0.717, 1.165) is 0 Å². The van der Waals surface area contributed by atoms with Crippen LogP contribution < -0.4 is 11.1 Å². The summed E-state index contributed by atoms with van der Waals surface area (Å²) in [6, 6.07) is 0.501. The molecular formula is C13H28N2S. The number of thiocarbonyl (C=S) groups is 1. The molecular weight excluding hydrogens is 216 g/mol. The smallest absolute Gasteiger partial charge is 0.163 e. The van der Waals surface area contributed by atoms with Crippen molar-refractivity contribution in [1.82, 2.24) is 5.32 Å². The average molecular weight is 244 g/mol. The summed E-state index contributed by atoms with van der Waals surface area (Å²) < 4.78 is 0. The summed E-state index contributed by atoms with van der Waals surface area (Å²) in [6.45, 7) is 4.48. The third-order valence-electron chi connectivity index (χ3n) is 2.91. The van der Waals surface area contributed by atoms with Gasteiger partial charge < -0.3 is 11.1 Å². The van der Waals surface area contributed by atoms with Crippen molar-refractivity contribution in [1.29, 1.82) is 0 Å². The van der Waals surface area contributed by atoms with Gasteiger partial charge in [-0.15, -0.1) is 0 Å². The van der Waals surface area contributed by atoms with Gasteiger partial charge in [0.1, 0.15) is 0 Å². The minimum Gasteiger partial charge on any atom is -0.376 e. The molecule has 0 aliphatic carbocycles. The lowest BCUT2D eigenvalue weighted by Gasteiger charge is -2.18. The molecule has 0 aromatic heterocycles. The van der Waals surface area contributed by atoms with Crippen LogP contribution in [-0.4, -0.2) is 11.2 Å². The first-order valence-corrected chi connectivity index (χ1v) is 7.17. The molecule has 0 aliphatic heterocycles. The largest absolute Gasteiger partial charge is 0.376 e. The molecule has 3 heteroatoms. The molecule has 1 atom stereocenters. The lowest BCUT2D eigenvalue weighted by molar-refractivity contribution is 0.466. The molecule has 0 saturated heterocycles. The van der Waals surface area contributed by atoms with Gasteiger partial charge in [-0.25, -0.2) is 0 Å². The van der Waals surface area contributed by atoms with Crippen molar-refractivity contribution >= 4 is 17.3 Å². The Hall–Kier alpha value is -0.310. The second kappa shape index (κ2) is 11.2. The standard InChI is InChI=1S/C13H28N2S/c1-3-5-7-9-11-12(15-13(14)16)10-8-6-4-2/h12H,3-11H2,1-2H3,(H3,14,15,16). The Balaban J connectivity index is 3.67. The maximum absolute atomic E-state index is 5.55. The van der Waals surface area contributed by atoms with Crippen LogP contribution in [0, 0.1) is 0 Å². The molecule has 0 radical (unpaired) electrons. The molecule has 0 bridgehead atoms. The van der Waals surface area contributed by atoms with E-state index in [1.165, 1.54) is 57.8 Å². The lowest BCUT2D eigenvalue weighted by Crippen LogP contribution is -2.38. The molecule has 0 heterocycles. The number of nitrogens with two attached hydrogens (primary N) is 1. The van der Waals surface area contributed by atoms with Gasteiger partial charge in [-0.1, -0.05) is 58.8 Å². The molecule has 0 amide bonds. The van der Waals surface area contributed by atoms with E-state index in [4.69, 9.17) is 18.0 Å². The Morgan fingerprint density at radius 1 is 1.00 bits per heavy atom. The fourth-order valence-corrected chi connectivity index (χ4v) is 2.11. The summed E-state index contributed by atoms with van der Waals surface area (Å²) in [4.78, 5) is 0. The second-order valence-electron chi connectivity index (χ2n) is 4.55. The topological polar surface area (TPSA) is 38.0 Å². The SMILES string of the molecule is CCCCCCC(CCCCC)NC(N)=S. The molecule has 0 aliphatic rings. The van der Waals surface area contributed by atoms with Gasteiger partial charge in [-0.05, 0) is 25.1 Å². The van der Waals surface area contributed by atoms with Gasteiger partial charge in [0.15, 0.2) is 5.11 Å². The molecule has 96 valence electrons. The van der Waals surface area contributed by atoms with Crippen LogP contribution in [0.2, 0.25) is 0 Å². The van der Waals surface area contributed by atoms with Crippen LogP contribution in [0.1, 0.15) is 71.6 Å². The van der Waals surface area contributed by atoms with Gasteiger partial charge in [0, 0.05) is 6.04 Å². The van der Waals surface area contributed by atoms with Crippen molar-refractivity contribution in [3.05, 3.63) is 0 Å². The van der Waals surface area contributed by atoms with Crippen LogP contribution in [0.5, 0.6) is 0 Å². The Kier molecular flexibility index (Phi) is 11.0. The van der Waals surface area contributed by atoms with Crippen molar-refractivity contribution in [2.75, 3.05) is 0 Å². The molecule has 0 saturated carbocycles. The minimum atomic E-state index is 0.456. The molecule has 1 unspecified atom stereocenters. The molecule has 3 N–H and O–H groups in total. The van der Waals surface area contributed by atoms with Gasteiger partial charge in [-0.3, -0.25) is 0 Å². The number of unbranched alkanes of at least 4 members (excludes halogenated alkanes) is 5. The Labute approximate surface area is 106 Å². The molecule has 2 nitrogen and oxygen atoms in total. The van der Waals surface area contributed by atoms with Crippen molar-refractivity contribution in [2.45, 2.75) is 77.7 Å². The highest BCUT2D eigenvalue weighted by Gasteiger charge is 2.07. The van der Waals surface area contributed by atoms with E-state index < -0.39 is 0 Å². The fourth-order valence-electron chi connectivity index (χ4n) is 1.95. The van der Waals surface area contributed by atoms with E-state index in [-0.39, 0.29) is 0 Å². The summed E-state index contributed by atoms with van der Waals surface area (Å²) in [6.07, 6.45) is 11.5. The van der Waals surface area contributed by atoms with Crippen LogP contribution >= 0.6 is 12.2 Å². The van der Waals surface area contributed by atoms with Crippen LogP contribution in [-0.2, 0) is 0 Å². The molecule has 0 aromatic rings. The minimum absolute atomic E-state index is 0.456. The maximum Gasteiger partial charge on any atom is 0.163 e. The molecule has 16 heavy (non-hydrogen) atoms. The first-order chi connectivity index (χ1) is 7.70. The summed E-state index contributed by atoms with van der Waals surface area (Å²) in [7, 11) is 0. The predicted octanol–water partition coefficient (Wildman–Crippen LogP) is 3.74. The van der Waals surface area contributed by atoms with Crippen molar-refractivity contribution in [3.63, 3.8) is 0 Å². The van der Waals surface area contributed by atoms with Crippen molar-refractivity contribution in [3.8, 4) is 0 Å². The zero-order valence-electron chi connectivity index (χ0n) is 10.9. The quantitative estimate of drug-likeness (QED) is 0.454. The van der Waals surface area contributed by atoms with E-state index >= 15 is 0 Å². The number of hydrogen-bond acceptors (Lipinski definition) is 1. The Bertz CT molecular complexity index is 171. The number of nitrogens with one attached hydrogen (secondary N) is 1. The van der Waals surface area contributed by atoms with Crippen LogP contribution in [0.3, 0.4) is 0 Å². The van der Waals surface area contributed by atoms with Gasteiger partial charge in [0.05, 0.1) is 0 Å². The van der Waals surface area contributed by atoms with Gasteiger partial charge in [-0.2, -0.15) is 0 Å². The molecule has 0 rings (SSSR count). The monoisotopic (exact) mass is 244 g/mol. The number of hydrogen-bond donors (Lipinski definition) is 2. The van der Waals surface area contributed by atoms with Crippen molar-refractivity contribution < 1.29 is 0 Å².